The van der Waals surface area contributed by atoms with Crippen molar-refractivity contribution in [2.75, 3.05) is 5.32 Å². The fraction of sp³-hybridized carbons (Fsp3) is 0.208. The molecule has 0 saturated heterocycles. The molecule has 0 spiro atoms. The molecule has 0 aliphatic carbocycles. The summed E-state index contributed by atoms with van der Waals surface area (Å²) in [5.74, 6) is 0.848. The van der Waals surface area contributed by atoms with Crippen LogP contribution in [0.3, 0.4) is 0 Å². The largest absolute Gasteiger partial charge is 0.491 e. The summed E-state index contributed by atoms with van der Waals surface area (Å²) in [5.41, 5.74) is 4.48. The van der Waals surface area contributed by atoms with Gasteiger partial charge in [0.1, 0.15) is 5.75 Å². The van der Waals surface area contributed by atoms with Crippen LogP contribution in [0.25, 0.3) is 0 Å². The van der Waals surface area contributed by atoms with Crippen LogP contribution in [0, 0.1) is 6.92 Å². The predicted octanol–water partition coefficient (Wildman–Crippen LogP) is 5.86. The third-order valence-electron chi connectivity index (χ3n) is 4.27. The Hall–Kier alpha value is -2.85. The Bertz CT molecular complexity index is 907. The van der Waals surface area contributed by atoms with Crippen LogP contribution in [0.5, 0.6) is 5.75 Å². The van der Waals surface area contributed by atoms with E-state index < -0.39 is 0 Å². The molecular weight excluding hydrogens is 364 g/mol. The van der Waals surface area contributed by atoms with E-state index >= 15 is 0 Å². The molecule has 4 heteroatoms. The number of hydrogen-bond acceptors (Lipinski definition) is 2. The number of hydrogen-bond donors (Lipinski definition) is 2. The van der Waals surface area contributed by atoms with Gasteiger partial charge < -0.3 is 15.4 Å². The van der Waals surface area contributed by atoms with Crippen molar-refractivity contribution in [2.24, 2.45) is 0 Å². The molecule has 0 heterocycles. The third kappa shape index (κ3) is 5.57. The van der Waals surface area contributed by atoms with Gasteiger partial charge in [-0.25, -0.2) is 0 Å². The lowest BCUT2D eigenvalue weighted by Crippen LogP contribution is -2.33. The lowest BCUT2D eigenvalue weighted by molar-refractivity contribution is 0.242. The summed E-state index contributed by atoms with van der Waals surface area (Å²) in [7, 11) is 0. The molecule has 144 valence electrons. The summed E-state index contributed by atoms with van der Waals surface area (Å²) >= 11 is 5.59. The summed E-state index contributed by atoms with van der Waals surface area (Å²) in [5, 5.41) is 7.31. The monoisotopic (exact) mass is 390 g/mol. The Morgan fingerprint density at radius 2 is 1.54 bits per heavy atom. The van der Waals surface area contributed by atoms with Gasteiger partial charge in [0, 0.05) is 5.69 Å². The molecule has 0 unspecified atom stereocenters. The van der Waals surface area contributed by atoms with E-state index in [-0.39, 0.29) is 12.1 Å². The molecule has 1 atom stereocenters. The van der Waals surface area contributed by atoms with Crippen molar-refractivity contribution >= 4 is 23.0 Å². The minimum Gasteiger partial charge on any atom is -0.491 e. The molecule has 28 heavy (non-hydrogen) atoms. The SMILES string of the molecule is Cc1cccc([C@H](NC(=S)Nc2ccc(OC(C)C)cc2)c2ccccc2)c1. The smallest absolute Gasteiger partial charge is 0.171 e. The Labute approximate surface area is 172 Å². The molecule has 0 aromatic heterocycles. The van der Waals surface area contributed by atoms with E-state index in [1.807, 2.05) is 56.3 Å². The Morgan fingerprint density at radius 3 is 2.18 bits per heavy atom. The lowest BCUT2D eigenvalue weighted by Gasteiger charge is -2.22. The standard InChI is InChI=1S/C24H26N2OS/c1-17(2)27-22-14-12-21(13-15-22)25-24(28)26-23(19-9-5-4-6-10-19)20-11-7-8-18(3)16-20/h4-17,23H,1-3H3,(H2,25,26,28)/t23-/m1/s1. The third-order valence-corrected chi connectivity index (χ3v) is 4.49. The molecule has 0 bridgehead atoms. The van der Waals surface area contributed by atoms with Gasteiger partial charge in [-0.3, -0.25) is 0 Å². The maximum Gasteiger partial charge on any atom is 0.171 e. The summed E-state index contributed by atoms with van der Waals surface area (Å²) in [4.78, 5) is 0. The fourth-order valence-corrected chi connectivity index (χ4v) is 3.28. The van der Waals surface area contributed by atoms with Crippen LogP contribution >= 0.6 is 12.2 Å². The first-order chi connectivity index (χ1) is 13.5. The van der Waals surface area contributed by atoms with E-state index in [0.29, 0.717) is 5.11 Å². The Kier molecular flexibility index (Phi) is 6.66. The van der Waals surface area contributed by atoms with E-state index in [9.17, 15) is 0 Å². The highest BCUT2D eigenvalue weighted by molar-refractivity contribution is 7.80. The van der Waals surface area contributed by atoms with Gasteiger partial charge in [0.25, 0.3) is 0 Å². The number of benzene rings is 3. The average molecular weight is 391 g/mol. The molecule has 0 aliphatic rings. The zero-order valence-corrected chi connectivity index (χ0v) is 17.3. The zero-order chi connectivity index (χ0) is 19.9. The quantitative estimate of drug-likeness (QED) is 0.517. The molecule has 0 radical (unpaired) electrons. The van der Waals surface area contributed by atoms with Gasteiger partial charge >= 0.3 is 0 Å². The van der Waals surface area contributed by atoms with Crippen LogP contribution < -0.4 is 15.4 Å². The number of aryl methyl sites for hydroxylation is 1. The highest BCUT2D eigenvalue weighted by Gasteiger charge is 2.15. The number of thiocarbonyl (C=S) groups is 1. The van der Waals surface area contributed by atoms with E-state index in [0.717, 1.165) is 17.0 Å². The first-order valence-electron chi connectivity index (χ1n) is 9.47. The van der Waals surface area contributed by atoms with Crippen molar-refractivity contribution in [3.8, 4) is 5.75 Å². The zero-order valence-electron chi connectivity index (χ0n) is 16.5. The van der Waals surface area contributed by atoms with Crippen LogP contribution in [0.2, 0.25) is 0 Å². The van der Waals surface area contributed by atoms with Crippen LogP contribution in [-0.2, 0) is 0 Å². The van der Waals surface area contributed by atoms with E-state index in [4.69, 9.17) is 17.0 Å². The summed E-state index contributed by atoms with van der Waals surface area (Å²) in [6.07, 6.45) is 0.155. The minimum atomic E-state index is -0.0235. The summed E-state index contributed by atoms with van der Waals surface area (Å²) in [6.45, 7) is 6.13. The maximum absolute atomic E-state index is 5.69. The van der Waals surface area contributed by atoms with Crippen molar-refractivity contribution in [1.29, 1.82) is 0 Å². The summed E-state index contributed by atoms with van der Waals surface area (Å²) < 4.78 is 5.69. The van der Waals surface area contributed by atoms with Crippen molar-refractivity contribution < 1.29 is 4.74 Å². The second kappa shape index (κ2) is 9.38. The molecule has 3 aromatic rings. The predicted molar refractivity (Wildman–Crippen MR) is 121 cm³/mol. The fourth-order valence-electron chi connectivity index (χ4n) is 3.04. The van der Waals surface area contributed by atoms with Crippen LogP contribution in [0.4, 0.5) is 5.69 Å². The topological polar surface area (TPSA) is 33.3 Å². The van der Waals surface area contributed by atoms with E-state index in [1.165, 1.54) is 11.1 Å². The molecule has 3 nitrogen and oxygen atoms in total. The minimum absolute atomic E-state index is 0.0235. The highest BCUT2D eigenvalue weighted by atomic mass is 32.1. The van der Waals surface area contributed by atoms with Gasteiger partial charge in [-0.2, -0.15) is 0 Å². The van der Waals surface area contributed by atoms with Crippen molar-refractivity contribution in [1.82, 2.24) is 5.32 Å². The summed E-state index contributed by atoms with van der Waals surface area (Å²) in [6, 6.07) is 26.6. The van der Waals surface area contributed by atoms with Crippen LogP contribution in [-0.4, -0.2) is 11.2 Å². The van der Waals surface area contributed by atoms with E-state index in [2.05, 4.69) is 54.0 Å². The van der Waals surface area contributed by atoms with Crippen LogP contribution in [0.1, 0.15) is 36.6 Å². The number of rotatable bonds is 6. The second-order valence-electron chi connectivity index (χ2n) is 7.05. The first kappa shape index (κ1) is 19.9. The van der Waals surface area contributed by atoms with Crippen molar-refractivity contribution in [2.45, 2.75) is 32.9 Å². The molecular formula is C24H26N2OS. The van der Waals surface area contributed by atoms with Gasteiger partial charge in [0.05, 0.1) is 12.1 Å². The molecule has 0 aliphatic heterocycles. The lowest BCUT2D eigenvalue weighted by atomic mass is 9.97. The van der Waals surface area contributed by atoms with Crippen molar-refractivity contribution in [3.05, 3.63) is 95.6 Å². The molecule has 0 saturated carbocycles. The number of nitrogens with one attached hydrogen (secondary N) is 2. The van der Waals surface area contributed by atoms with Gasteiger partial charge in [0.2, 0.25) is 0 Å². The Morgan fingerprint density at radius 1 is 0.857 bits per heavy atom. The highest BCUT2D eigenvalue weighted by Crippen LogP contribution is 2.23. The molecule has 0 amide bonds. The molecule has 2 N–H and O–H groups in total. The average Bonchev–Trinajstić information content (AvgIpc) is 2.68. The normalized spacial score (nSPS) is 11.7. The molecule has 3 rings (SSSR count). The van der Waals surface area contributed by atoms with Gasteiger partial charge in [0.15, 0.2) is 5.11 Å². The number of anilines is 1. The van der Waals surface area contributed by atoms with Gasteiger partial charge in [-0.05, 0) is 68.4 Å². The maximum atomic E-state index is 5.69. The van der Waals surface area contributed by atoms with Crippen LogP contribution in [0.15, 0.2) is 78.9 Å². The van der Waals surface area contributed by atoms with Gasteiger partial charge in [-0.1, -0.05) is 60.2 Å². The second-order valence-corrected chi connectivity index (χ2v) is 7.46. The molecule has 0 fully saturated rings. The first-order valence-corrected chi connectivity index (χ1v) is 9.88. The van der Waals surface area contributed by atoms with Crippen molar-refractivity contribution in [3.63, 3.8) is 0 Å². The Balaban J connectivity index is 1.74. The van der Waals surface area contributed by atoms with Gasteiger partial charge in [-0.15, -0.1) is 0 Å². The van der Waals surface area contributed by atoms with E-state index in [1.54, 1.807) is 0 Å². The number of ether oxygens (including phenoxy) is 1. The molecule has 3 aromatic carbocycles.